The van der Waals surface area contributed by atoms with Crippen LogP contribution in [0.1, 0.15) is 69.1 Å². The summed E-state index contributed by atoms with van der Waals surface area (Å²) < 4.78 is 47.8. The van der Waals surface area contributed by atoms with Gasteiger partial charge in [0.05, 0.1) is 35.5 Å². The lowest BCUT2D eigenvalue weighted by atomic mass is 9.73. The zero-order chi connectivity index (χ0) is 23.3. The van der Waals surface area contributed by atoms with Gasteiger partial charge in [0.15, 0.2) is 0 Å². The van der Waals surface area contributed by atoms with E-state index in [1.165, 1.54) is 6.07 Å². The molecule has 0 unspecified atom stereocenters. The molecule has 9 heteroatoms. The van der Waals surface area contributed by atoms with Crippen molar-refractivity contribution in [2.45, 2.75) is 77.6 Å². The smallest absolute Gasteiger partial charge is 0.399 e. The molecule has 1 aliphatic carbocycles. The van der Waals surface area contributed by atoms with Gasteiger partial charge in [0.1, 0.15) is 5.41 Å². The minimum atomic E-state index is -4.38. The maximum absolute atomic E-state index is 13.4. The lowest BCUT2D eigenvalue weighted by Crippen LogP contribution is -2.44. The highest BCUT2D eigenvalue weighted by molar-refractivity contribution is 5.83. The summed E-state index contributed by atoms with van der Waals surface area (Å²) in [6.07, 6.45) is -0.334. The number of carbonyl (C=O) groups excluding carboxylic acids is 1. The predicted octanol–water partition coefficient (Wildman–Crippen LogP) is 4.27. The first-order valence-corrected chi connectivity index (χ1v) is 11.0. The minimum Gasteiger partial charge on any atom is -0.478 e. The number of carbonyl (C=O) groups is 1. The van der Waals surface area contributed by atoms with Crippen molar-refractivity contribution in [3.63, 3.8) is 0 Å². The molecule has 1 aliphatic heterocycles. The van der Waals surface area contributed by atoms with Crippen molar-refractivity contribution in [2.75, 3.05) is 6.61 Å². The quantitative estimate of drug-likeness (QED) is 0.755. The lowest BCUT2D eigenvalue weighted by Gasteiger charge is -2.35. The first-order chi connectivity index (χ1) is 14.9. The molecule has 0 saturated carbocycles. The molecule has 1 amide bonds. The van der Waals surface area contributed by atoms with Crippen LogP contribution in [0.15, 0.2) is 18.3 Å². The van der Waals surface area contributed by atoms with Gasteiger partial charge in [0, 0.05) is 18.7 Å². The molecule has 174 valence electrons. The van der Waals surface area contributed by atoms with Crippen molar-refractivity contribution >= 4 is 5.91 Å². The normalized spacial score (nSPS) is 21.8. The van der Waals surface area contributed by atoms with Crippen LogP contribution >= 0.6 is 0 Å². The fraction of sp³-hybridized carbons (Fsp3) is 0.609. The largest absolute Gasteiger partial charge is 0.478 e. The number of amides is 1. The maximum Gasteiger partial charge on any atom is 0.399 e. The Hall–Kier alpha value is -2.58. The van der Waals surface area contributed by atoms with Crippen molar-refractivity contribution < 1.29 is 22.7 Å². The third kappa shape index (κ3) is 3.86. The molecule has 0 spiro atoms. The molecule has 2 atom stereocenters. The monoisotopic (exact) mass is 450 g/mol. The number of pyridine rings is 1. The Balaban J connectivity index is 1.49. The van der Waals surface area contributed by atoms with E-state index in [1.807, 2.05) is 18.5 Å². The molecule has 0 saturated heterocycles. The van der Waals surface area contributed by atoms with Gasteiger partial charge >= 0.3 is 6.18 Å². The van der Waals surface area contributed by atoms with Gasteiger partial charge < -0.3 is 10.1 Å². The van der Waals surface area contributed by atoms with E-state index in [-0.39, 0.29) is 17.6 Å². The number of rotatable bonds is 4. The third-order valence-corrected chi connectivity index (χ3v) is 6.84. The van der Waals surface area contributed by atoms with Gasteiger partial charge in [-0.25, -0.2) is 4.68 Å². The number of aromatic nitrogens is 3. The fourth-order valence-electron chi connectivity index (χ4n) is 4.33. The van der Waals surface area contributed by atoms with Crippen LogP contribution in [0.25, 0.3) is 0 Å². The van der Waals surface area contributed by atoms with Crippen LogP contribution in [-0.4, -0.2) is 33.5 Å². The fourth-order valence-corrected chi connectivity index (χ4v) is 4.33. The van der Waals surface area contributed by atoms with Gasteiger partial charge in [-0.1, -0.05) is 13.0 Å². The Morgan fingerprint density at radius 2 is 2.06 bits per heavy atom. The van der Waals surface area contributed by atoms with E-state index in [0.29, 0.717) is 37.4 Å². The molecule has 0 bridgehead atoms. The molecule has 2 aromatic heterocycles. The number of aryl methyl sites for hydroxylation is 2. The third-order valence-electron chi connectivity index (χ3n) is 6.84. The SMILES string of the molecule is C[C@@H](NC(=O)[C@]1(C)CCc2nc(C(C)(C)C(F)(F)F)ccc2C1)c1cnn2c1OCCC2. The Bertz CT molecular complexity index is 1030. The van der Waals surface area contributed by atoms with Crippen LogP contribution in [0.5, 0.6) is 5.88 Å². The van der Waals surface area contributed by atoms with Gasteiger partial charge in [-0.2, -0.15) is 18.3 Å². The summed E-state index contributed by atoms with van der Waals surface area (Å²) in [6.45, 7) is 7.51. The molecule has 1 N–H and O–H groups in total. The van der Waals surface area contributed by atoms with Crippen molar-refractivity contribution in [1.29, 1.82) is 0 Å². The van der Waals surface area contributed by atoms with Gasteiger partial charge in [-0.05, 0) is 51.7 Å². The minimum absolute atomic E-state index is 0.0106. The zero-order valence-corrected chi connectivity index (χ0v) is 18.8. The highest BCUT2D eigenvalue weighted by atomic mass is 19.4. The number of nitrogens with zero attached hydrogens (tertiary/aromatic N) is 3. The molecular weight excluding hydrogens is 421 g/mol. The van der Waals surface area contributed by atoms with E-state index < -0.39 is 17.0 Å². The summed E-state index contributed by atoms with van der Waals surface area (Å²) in [5.41, 5.74) is -0.359. The molecule has 0 radical (unpaired) electrons. The molecule has 2 aromatic rings. The topological polar surface area (TPSA) is 69.0 Å². The van der Waals surface area contributed by atoms with Crippen molar-refractivity contribution in [3.8, 4) is 5.88 Å². The first-order valence-electron chi connectivity index (χ1n) is 11.0. The second kappa shape index (κ2) is 7.78. The number of alkyl halides is 3. The molecule has 2 aliphatic rings. The van der Waals surface area contributed by atoms with Crippen molar-refractivity contribution in [3.05, 3.63) is 40.8 Å². The van der Waals surface area contributed by atoms with E-state index in [2.05, 4.69) is 15.4 Å². The zero-order valence-electron chi connectivity index (χ0n) is 18.8. The molecule has 6 nitrogen and oxygen atoms in total. The Morgan fingerprint density at radius 1 is 1.31 bits per heavy atom. The molecule has 0 fully saturated rings. The molecular formula is C23H29F3N4O2. The van der Waals surface area contributed by atoms with E-state index in [4.69, 9.17) is 4.74 Å². The van der Waals surface area contributed by atoms with Gasteiger partial charge in [0.2, 0.25) is 11.8 Å². The molecule has 0 aromatic carbocycles. The van der Waals surface area contributed by atoms with Gasteiger partial charge in [-0.3, -0.25) is 9.78 Å². The van der Waals surface area contributed by atoms with E-state index in [9.17, 15) is 18.0 Å². The van der Waals surface area contributed by atoms with Crippen LogP contribution < -0.4 is 10.1 Å². The number of hydrogen-bond acceptors (Lipinski definition) is 4. The number of halogens is 3. The predicted molar refractivity (Wildman–Crippen MR) is 112 cm³/mol. The van der Waals surface area contributed by atoms with Gasteiger partial charge in [0.25, 0.3) is 0 Å². The summed E-state index contributed by atoms with van der Waals surface area (Å²) in [4.78, 5) is 17.6. The number of ether oxygens (including phenoxy) is 1. The summed E-state index contributed by atoms with van der Waals surface area (Å²) >= 11 is 0. The van der Waals surface area contributed by atoms with Crippen LogP contribution in [0.3, 0.4) is 0 Å². The lowest BCUT2D eigenvalue weighted by molar-refractivity contribution is -0.181. The Labute approximate surface area is 185 Å². The second-order valence-corrected chi connectivity index (χ2v) is 9.69. The van der Waals surface area contributed by atoms with Crippen LogP contribution in [0.4, 0.5) is 13.2 Å². The number of hydrogen-bond donors (Lipinski definition) is 1. The summed E-state index contributed by atoms with van der Waals surface area (Å²) in [6, 6.07) is 2.87. The van der Waals surface area contributed by atoms with Crippen molar-refractivity contribution in [1.82, 2.24) is 20.1 Å². The standard InChI is InChI=1S/C23H29F3N4O2/c1-14(16-13-27-30-10-5-11-32-19(16)30)28-20(31)22(4)9-8-17-15(12-22)6-7-18(29-17)21(2,3)23(24,25)26/h6-7,13-14H,5,8-12H2,1-4H3,(H,28,31)/t14-,22-/m1/s1. The maximum atomic E-state index is 13.4. The average molecular weight is 451 g/mol. The average Bonchev–Trinajstić information content (AvgIpc) is 3.16. The van der Waals surface area contributed by atoms with E-state index in [0.717, 1.165) is 37.9 Å². The summed E-state index contributed by atoms with van der Waals surface area (Å²) in [5.74, 6) is 0.610. The highest BCUT2D eigenvalue weighted by Gasteiger charge is 2.50. The second-order valence-electron chi connectivity index (χ2n) is 9.69. The number of fused-ring (bicyclic) bond motifs is 2. The van der Waals surface area contributed by atoms with Crippen LogP contribution in [-0.2, 0) is 29.6 Å². The molecule has 32 heavy (non-hydrogen) atoms. The van der Waals surface area contributed by atoms with Crippen LogP contribution in [0, 0.1) is 5.41 Å². The van der Waals surface area contributed by atoms with Crippen LogP contribution in [0.2, 0.25) is 0 Å². The van der Waals surface area contributed by atoms with Crippen molar-refractivity contribution in [2.24, 2.45) is 5.41 Å². The first kappa shape index (κ1) is 22.6. The summed E-state index contributed by atoms with van der Waals surface area (Å²) in [5, 5.41) is 7.43. The molecule has 4 rings (SSSR count). The van der Waals surface area contributed by atoms with E-state index >= 15 is 0 Å². The summed E-state index contributed by atoms with van der Waals surface area (Å²) in [7, 11) is 0. The van der Waals surface area contributed by atoms with E-state index in [1.54, 1.807) is 12.3 Å². The Morgan fingerprint density at radius 3 is 2.78 bits per heavy atom. The number of nitrogens with one attached hydrogen (secondary N) is 1. The Kier molecular flexibility index (Phi) is 5.49. The highest BCUT2D eigenvalue weighted by Crippen LogP contribution is 2.42. The molecule has 3 heterocycles. The van der Waals surface area contributed by atoms with Gasteiger partial charge in [-0.15, -0.1) is 0 Å².